The molecule has 0 radical (unpaired) electrons. The van der Waals surface area contributed by atoms with Gasteiger partial charge in [0, 0.05) is 12.1 Å². The number of carbonyl (C=O) groups is 2. The Kier molecular flexibility index (Phi) is 8.55. The van der Waals surface area contributed by atoms with Gasteiger partial charge in [-0.25, -0.2) is 9.59 Å². The van der Waals surface area contributed by atoms with E-state index in [1.807, 2.05) is 51.1 Å². The molecule has 1 aliphatic rings. The zero-order valence-electron chi connectivity index (χ0n) is 17.9. The van der Waals surface area contributed by atoms with Crippen LogP contribution in [0.4, 0.5) is 9.59 Å². The van der Waals surface area contributed by atoms with Crippen molar-refractivity contribution in [2.75, 3.05) is 0 Å². The summed E-state index contributed by atoms with van der Waals surface area (Å²) in [5, 5.41) is 5.97. The molecule has 1 aromatic rings. The van der Waals surface area contributed by atoms with Gasteiger partial charge in [0.25, 0.3) is 0 Å². The van der Waals surface area contributed by atoms with Gasteiger partial charge in [-0.2, -0.15) is 0 Å². The van der Waals surface area contributed by atoms with Crippen molar-refractivity contribution in [2.45, 2.75) is 77.7 Å². The average Bonchev–Trinajstić information content (AvgIpc) is 2.65. The first kappa shape index (κ1) is 22.8. The lowest BCUT2D eigenvalue weighted by Crippen LogP contribution is -2.49. The lowest BCUT2D eigenvalue weighted by molar-refractivity contribution is 0.0480. The molecule has 1 saturated carbocycles. The van der Waals surface area contributed by atoms with E-state index in [1.54, 1.807) is 0 Å². The molecule has 1 aliphatic carbocycles. The molecule has 1 fully saturated rings. The van der Waals surface area contributed by atoms with Crippen molar-refractivity contribution in [2.24, 2.45) is 5.92 Å². The zero-order chi connectivity index (χ0) is 21.3. The van der Waals surface area contributed by atoms with Crippen LogP contribution in [-0.4, -0.2) is 29.9 Å². The highest BCUT2D eigenvalue weighted by Crippen LogP contribution is 2.27. The second kappa shape index (κ2) is 10.9. The number of ether oxygens (including phenoxy) is 2. The lowest BCUT2D eigenvalue weighted by atomic mass is 9.81. The SMILES string of the molecule is CCC=CC1CC(NC(=O)OC(C)(C)C)CCC1NC(=O)OCc1ccccc1. The zero-order valence-corrected chi connectivity index (χ0v) is 17.9. The molecule has 0 spiro atoms. The van der Waals surface area contributed by atoms with Gasteiger partial charge >= 0.3 is 12.2 Å². The highest BCUT2D eigenvalue weighted by Gasteiger charge is 2.32. The maximum atomic E-state index is 12.3. The van der Waals surface area contributed by atoms with Crippen molar-refractivity contribution in [3.8, 4) is 0 Å². The first-order valence-corrected chi connectivity index (χ1v) is 10.4. The molecule has 6 nitrogen and oxygen atoms in total. The molecule has 0 aromatic heterocycles. The summed E-state index contributed by atoms with van der Waals surface area (Å²) in [5.41, 5.74) is 0.433. The molecule has 2 amide bonds. The number of hydrogen-bond donors (Lipinski definition) is 2. The van der Waals surface area contributed by atoms with Crippen LogP contribution in [0.5, 0.6) is 0 Å². The smallest absolute Gasteiger partial charge is 0.407 e. The Hall–Kier alpha value is -2.50. The summed E-state index contributed by atoms with van der Waals surface area (Å²) in [6.07, 6.45) is 6.64. The van der Waals surface area contributed by atoms with Gasteiger partial charge in [0.2, 0.25) is 0 Å². The van der Waals surface area contributed by atoms with E-state index < -0.39 is 17.8 Å². The summed E-state index contributed by atoms with van der Waals surface area (Å²) in [7, 11) is 0. The standard InChI is InChI=1S/C23H34N2O4/c1-5-6-12-18-15-19(24-22(27)29-23(2,3)4)13-14-20(18)25-21(26)28-16-17-10-8-7-9-11-17/h6-12,18-20H,5,13-16H2,1-4H3,(H,24,27)(H,25,26). The number of nitrogens with one attached hydrogen (secondary N) is 2. The number of carbonyl (C=O) groups excluding carboxylic acids is 2. The summed E-state index contributed by atoms with van der Waals surface area (Å²) in [4.78, 5) is 24.4. The number of benzene rings is 1. The van der Waals surface area contributed by atoms with Crippen molar-refractivity contribution < 1.29 is 19.1 Å². The molecule has 0 bridgehead atoms. The molecule has 0 aliphatic heterocycles. The molecule has 0 saturated heterocycles. The quantitative estimate of drug-likeness (QED) is 0.661. The van der Waals surface area contributed by atoms with Gasteiger partial charge in [-0.3, -0.25) is 0 Å². The minimum Gasteiger partial charge on any atom is -0.445 e. The maximum Gasteiger partial charge on any atom is 0.407 e. The molecule has 160 valence electrons. The molecular formula is C23H34N2O4. The summed E-state index contributed by atoms with van der Waals surface area (Å²) >= 11 is 0. The summed E-state index contributed by atoms with van der Waals surface area (Å²) in [5.74, 6) is 0.132. The lowest BCUT2D eigenvalue weighted by Gasteiger charge is -2.35. The molecule has 2 N–H and O–H groups in total. The van der Waals surface area contributed by atoms with E-state index in [0.717, 1.165) is 31.2 Å². The molecule has 29 heavy (non-hydrogen) atoms. The van der Waals surface area contributed by atoms with Gasteiger partial charge in [-0.1, -0.05) is 49.4 Å². The summed E-state index contributed by atoms with van der Waals surface area (Å²) < 4.78 is 10.7. The first-order valence-electron chi connectivity index (χ1n) is 10.4. The average molecular weight is 403 g/mol. The van der Waals surface area contributed by atoms with Crippen LogP contribution < -0.4 is 10.6 Å². The minimum absolute atomic E-state index is 0.0160. The van der Waals surface area contributed by atoms with Crippen LogP contribution in [0.15, 0.2) is 42.5 Å². The van der Waals surface area contributed by atoms with Crippen molar-refractivity contribution in [1.82, 2.24) is 10.6 Å². The predicted octanol–water partition coefficient (Wildman–Crippen LogP) is 4.94. The van der Waals surface area contributed by atoms with Crippen molar-refractivity contribution in [3.05, 3.63) is 48.0 Å². The van der Waals surface area contributed by atoms with Gasteiger partial charge in [-0.15, -0.1) is 0 Å². The van der Waals surface area contributed by atoms with E-state index >= 15 is 0 Å². The predicted molar refractivity (Wildman–Crippen MR) is 113 cm³/mol. The Balaban J connectivity index is 1.88. The van der Waals surface area contributed by atoms with E-state index in [1.165, 1.54) is 0 Å². The van der Waals surface area contributed by atoms with Gasteiger partial charge in [0.15, 0.2) is 0 Å². The largest absolute Gasteiger partial charge is 0.445 e. The fraction of sp³-hybridized carbons (Fsp3) is 0.565. The summed E-state index contributed by atoms with van der Waals surface area (Å²) in [6, 6.07) is 9.62. The van der Waals surface area contributed by atoms with E-state index in [9.17, 15) is 9.59 Å². The molecule has 3 atom stereocenters. The van der Waals surface area contributed by atoms with Crippen molar-refractivity contribution in [1.29, 1.82) is 0 Å². The Labute approximate surface area is 174 Å². The van der Waals surface area contributed by atoms with Crippen molar-refractivity contribution >= 4 is 12.2 Å². The molecule has 1 aromatic carbocycles. The van der Waals surface area contributed by atoms with E-state index in [-0.39, 0.29) is 24.6 Å². The number of amides is 2. The van der Waals surface area contributed by atoms with Crippen LogP contribution in [0.3, 0.4) is 0 Å². The fourth-order valence-electron chi connectivity index (χ4n) is 3.43. The Morgan fingerprint density at radius 3 is 2.48 bits per heavy atom. The highest BCUT2D eigenvalue weighted by atomic mass is 16.6. The second-order valence-corrected chi connectivity index (χ2v) is 8.47. The molecule has 0 heterocycles. The van der Waals surface area contributed by atoms with Crippen LogP contribution >= 0.6 is 0 Å². The van der Waals surface area contributed by atoms with Gasteiger partial charge in [0.1, 0.15) is 12.2 Å². The van der Waals surface area contributed by atoms with E-state index in [2.05, 4.69) is 29.7 Å². The fourth-order valence-corrected chi connectivity index (χ4v) is 3.43. The van der Waals surface area contributed by atoms with Gasteiger partial charge in [-0.05, 0) is 57.9 Å². The normalized spacial score (nSPS) is 22.1. The van der Waals surface area contributed by atoms with Gasteiger partial charge < -0.3 is 20.1 Å². The van der Waals surface area contributed by atoms with Crippen LogP contribution in [-0.2, 0) is 16.1 Å². The van der Waals surface area contributed by atoms with Crippen LogP contribution in [0.25, 0.3) is 0 Å². The third kappa shape index (κ3) is 8.59. The summed E-state index contributed by atoms with van der Waals surface area (Å²) in [6.45, 7) is 7.87. The third-order valence-electron chi connectivity index (χ3n) is 4.76. The number of alkyl carbamates (subject to hydrolysis) is 2. The van der Waals surface area contributed by atoms with Crippen LogP contribution in [0, 0.1) is 5.92 Å². The van der Waals surface area contributed by atoms with Crippen LogP contribution in [0.2, 0.25) is 0 Å². The van der Waals surface area contributed by atoms with Crippen molar-refractivity contribution in [3.63, 3.8) is 0 Å². The second-order valence-electron chi connectivity index (χ2n) is 8.47. The molecule has 3 unspecified atom stereocenters. The molecule has 6 heteroatoms. The monoisotopic (exact) mass is 402 g/mol. The number of allylic oxidation sites excluding steroid dienone is 1. The molecule has 2 rings (SSSR count). The Morgan fingerprint density at radius 1 is 1.10 bits per heavy atom. The number of rotatable bonds is 6. The van der Waals surface area contributed by atoms with Gasteiger partial charge in [0.05, 0.1) is 0 Å². The van der Waals surface area contributed by atoms with E-state index in [4.69, 9.17) is 9.47 Å². The minimum atomic E-state index is -0.521. The topological polar surface area (TPSA) is 76.7 Å². The first-order chi connectivity index (χ1) is 13.8. The Morgan fingerprint density at radius 2 is 1.83 bits per heavy atom. The van der Waals surface area contributed by atoms with Crippen LogP contribution in [0.1, 0.15) is 58.9 Å². The maximum absolute atomic E-state index is 12.3. The van der Waals surface area contributed by atoms with E-state index in [0.29, 0.717) is 0 Å². The number of hydrogen-bond acceptors (Lipinski definition) is 4. The highest BCUT2D eigenvalue weighted by molar-refractivity contribution is 5.68. The molecular weight excluding hydrogens is 368 g/mol. The Bertz CT molecular complexity index is 682. The third-order valence-corrected chi connectivity index (χ3v) is 4.76.